The van der Waals surface area contributed by atoms with Gasteiger partial charge in [0.05, 0.1) is 17.7 Å². The van der Waals surface area contributed by atoms with Crippen LogP contribution in [0.15, 0.2) is 24.5 Å². The van der Waals surface area contributed by atoms with Crippen LogP contribution >= 0.6 is 0 Å². The molecular weight excluding hydrogens is 245 g/mol. The summed E-state index contributed by atoms with van der Waals surface area (Å²) in [5.74, 6) is 0.287. The Hall–Kier alpha value is -1.75. The standard InChI is InChI=1S/C14H16FN3O/c15-10-3-4-12-11(7-10)13(17-9-16-12)18-14(8-19)5-1-2-6-14/h3-4,7,9,19H,1-2,5-6,8H2,(H,16,17,18). The minimum absolute atomic E-state index is 0.0633. The summed E-state index contributed by atoms with van der Waals surface area (Å²) in [6.07, 6.45) is 5.45. The van der Waals surface area contributed by atoms with Crippen LogP contribution < -0.4 is 5.32 Å². The Labute approximate surface area is 110 Å². The van der Waals surface area contributed by atoms with Gasteiger partial charge in [-0.05, 0) is 31.0 Å². The number of anilines is 1. The molecule has 100 valence electrons. The molecule has 0 aliphatic heterocycles. The summed E-state index contributed by atoms with van der Waals surface area (Å²) in [7, 11) is 0. The van der Waals surface area contributed by atoms with Crippen LogP contribution in [0.2, 0.25) is 0 Å². The molecule has 0 unspecified atom stereocenters. The van der Waals surface area contributed by atoms with Crippen LogP contribution in [0.25, 0.3) is 10.9 Å². The van der Waals surface area contributed by atoms with Crippen LogP contribution in [-0.2, 0) is 0 Å². The van der Waals surface area contributed by atoms with Crippen molar-refractivity contribution in [1.82, 2.24) is 9.97 Å². The van der Waals surface area contributed by atoms with Gasteiger partial charge in [0, 0.05) is 5.39 Å². The largest absolute Gasteiger partial charge is 0.394 e. The molecule has 0 amide bonds. The summed E-state index contributed by atoms with van der Waals surface area (Å²) in [5.41, 5.74) is 0.373. The Morgan fingerprint density at radius 3 is 2.79 bits per heavy atom. The van der Waals surface area contributed by atoms with Crippen molar-refractivity contribution in [1.29, 1.82) is 0 Å². The second-order valence-corrected chi connectivity index (χ2v) is 5.15. The zero-order chi connectivity index (χ0) is 13.3. The Morgan fingerprint density at radius 2 is 2.05 bits per heavy atom. The van der Waals surface area contributed by atoms with Crippen molar-refractivity contribution in [3.63, 3.8) is 0 Å². The highest BCUT2D eigenvalue weighted by molar-refractivity contribution is 5.89. The maximum absolute atomic E-state index is 13.4. The second kappa shape index (κ2) is 4.74. The van der Waals surface area contributed by atoms with Crippen molar-refractivity contribution in [2.45, 2.75) is 31.2 Å². The molecule has 19 heavy (non-hydrogen) atoms. The topological polar surface area (TPSA) is 58.0 Å². The van der Waals surface area contributed by atoms with E-state index in [2.05, 4.69) is 15.3 Å². The van der Waals surface area contributed by atoms with E-state index in [-0.39, 0.29) is 18.0 Å². The van der Waals surface area contributed by atoms with Gasteiger partial charge in [-0.25, -0.2) is 14.4 Å². The van der Waals surface area contributed by atoms with Crippen molar-refractivity contribution in [3.05, 3.63) is 30.3 Å². The van der Waals surface area contributed by atoms with Crippen molar-refractivity contribution in [2.75, 3.05) is 11.9 Å². The summed E-state index contributed by atoms with van der Waals surface area (Å²) in [6, 6.07) is 4.45. The lowest BCUT2D eigenvalue weighted by Crippen LogP contribution is -2.39. The number of halogens is 1. The number of nitrogens with zero attached hydrogens (tertiary/aromatic N) is 2. The highest BCUT2D eigenvalue weighted by Crippen LogP contribution is 2.33. The first-order chi connectivity index (χ1) is 9.22. The van der Waals surface area contributed by atoms with E-state index in [1.807, 2.05) is 0 Å². The maximum atomic E-state index is 13.4. The Kier molecular flexibility index (Phi) is 3.06. The summed E-state index contributed by atoms with van der Waals surface area (Å²) in [5, 5.41) is 13.6. The Balaban J connectivity index is 2.02. The predicted molar refractivity (Wildman–Crippen MR) is 71.4 cm³/mol. The van der Waals surface area contributed by atoms with Crippen LogP contribution in [-0.4, -0.2) is 27.2 Å². The molecule has 4 nitrogen and oxygen atoms in total. The van der Waals surface area contributed by atoms with Crippen molar-refractivity contribution >= 4 is 16.7 Å². The molecule has 1 aliphatic rings. The number of benzene rings is 1. The number of rotatable bonds is 3. The maximum Gasteiger partial charge on any atom is 0.137 e. The normalized spacial score (nSPS) is 17.8. The van der Waals surface area contributed by atoms with Gasteiger partial charge in [0.2, 0.25) is 0 Å². The molecule has 1 saturated carbocycles. The van der Waals surface area contributed by atoms with Crippen LogP contribution in [0.5, 0.6) is 0 Å². The summed E-state index contributed by atoms with van der Waals surface area (Å²) < 4.78 is 13.4. The molecular formula is C14H16FN3O. The number of aromatic nitrogens is 2. The average Bonchev–Trinajstić information content (AvgIpc) is 2.89. The molecule has 1 aromatic carbocycles. The van der Waals surface area contributed by atoms with Crippen molar-refractivity contribution < 1.29 is 9.50 Å². The first-order valence-corrected chi connectivity index (χ1v) is 6.52. The third-order valence-electron chi connectivity index (χ3n) is 3.84. The van der Waals surface area contributed by atoms with E-state index >= 15 is 0 Å². The van der Waals surface area contributed by atoms with E-state index in [0.717, 1.165) is 25.7 Å². The zero-order valence-electron chi connectivity index (χ0n) is 10.6. The third-order valence-corrected chi connectivity index (χ3v) is 3.84. The lowest BCUT2D eigenvalue weighted by Gasteiger charge is -2.29. The van der Waals surface area contributed by atoms with E-state index in [1.165, 1.54) is 18.5 Å². The van der Waals surface area contributed by atoms with Gasteiger partial charge in [0.1, 0.15) is 18.0 Å². The zero-order valence-corrected chi connectivity index (χ0v) is 10.6. The molecule has 2 aromatic rings. The van der Waals surface area contributed by atoms with Gasteiger partial charge in [-0.3, -0.25) is 0 Å². The number of fused-ring (bicyclic) bond motifs is 1. The number of aliphatic hydroxyl groups excluding tert-OH is 1. The molecule has 5 heteroatoms. The van der Waals surface area contributed by atoms with E-state index in [4.69, 9.17) is 0 Å². The fraction of sp³-hybridized carbons (Fsp3) is 0.429. The monoisotopic (exact) mass is 261 g/mol. The van der Waals surface area contributed by atoms with Crippen LogP contribution in [0, 0.1) is 5.82 Å². The number of hydrogen-bond acceptors (Lipinski definition) is 4. The van der Waals surface area contributed by atoms with E-state index in [1.54, 1.807) is 6.07 Å². The third kappa shape index (κ3) is 2.26. The summed E-state index contributed by atoms with van der Waals surface area (Å²) in [4.78, 5) is 8.33. The van der Waals surface area contributed by atoms with Gasteiger partial charge >= 0.3 is 0 Å². The van der Waals surface area contributed by atoms with Crippen LogP contribution in [0.1, 0.15) is 25.7 Å². The van der Waals surface area contributed by atoms with Gasteiger partial charge in [-0.1, -0.05) is 12.8 Å². The van der Waals surface area contributed by atoms with Crippen LogP contribution in [0.4, 0.5) is 10.2 Å². The van der Waals surface area contributed by atoms with Gasteiger partial charge in [-0.15, -0.1) is 0 Å². The Morgan fingerprint density at radius 1 is 1.26 bits per heavy atom. The molecule has 1 aromatic heterocycles. The van der Waals surface area contributed by atoms with E-state index in [0.29, 0.717) is 16.7 Å². The molecule has 2 N–H and O–H groups in total. The number of aliphatic hydroxyl groups is 1. The minimum Gasteiger partial charge on any atom is -0.394 e. The smallest absolute Gasteiger partial charge is 0.137 e. The second-order valence-electron chi connectivity index (χ2n) is 5.15. The first-order valence-electron chi connectivity index (χ1n) is 6.52. The highest BCUT2D eigenvalue weighted by Gasteiger charge is 2.33. The quantitative estimate of drug-likeness (QED) is 0.891. The fourth-order valence-electron chi connectivity index (χ4n) is 2.75. The molecule has 0 atom stereocenters. The molecule has 1 aliphatic carbocycles. The van der Waals surface area contributed by atoms with Crippen molar-refractivity contribution in [3.8, 4) is 0 Å². The Bertz CT molecular complexity index is 596. The molecule has 0 saturated heterocycles. The SMILES string of the molecule is OCC1(Nc2ncnc3ccc(F)cc23)CCCC1. The molecule has 3 rings (SSSR count). The first kappa shape index (κ1) is 12.3. The molecule has 1 heterocycles. The average molecular weight is 261 g/mol. The summed E-state index contributed by atoms with van der Waals surface area (Å²) >= 11 is 0. The van der Waals surface area contributed by atoms with Crippen molar-refractivity contribution in [2.24, 2.45) is 0 Å². The van der Waals surface area contributed by atoms with Gasteiger partial charge in [0.15, 0.2) is 0 Å². The summed E-state index contributed by atoms with van der Waals surface area (Å²) in [6.45, 7) is 0.0633. The molecule has 0 radical (unpaired) electrons. The molecule has 0 spiro atoms. The lowest BCUT2D eigenvalue weighted by atomic mass is 9.98. The van der Waals surface area contributed by atoms with Gasteiger partial charge in [-0.2, -0.15) is 0 Å². The number of hydrogen-bond donors (Lipinski definition) is 2. The lowest BCUT2D eigenvalue weighted by molar-refractivity contribution is 0.214. The molecule has 1 fully saturated rings. The fourth-order valence-corrected chi connectivity index (χ4v) is 2.75. The minimum atomic E-state index is -0.326. The number of nitrogens with one attached hydrogen (secondary N) is 1. The van der Waals surface area contributed by atoms with Crippen LogP contribution in [0.3, 0.4) is 0 Å². The van der Waals surface area contributed by atoms with Gasteiger partial charge in [0.25, 0.3) is 0 Å². The van der Waals surface area contributed by atoms with E-state index in [9.17, 15) is 9.50 Å². The molecule has 0 bridgehead atoms. The van der Waals surface area contributed by atoms with E-state index < -0.39 is 0 Å². The predicted octanol–water partition coefficient (Wildman–Crippen LogP) is 2.49. The van der Waals surface area contributed by atoms with Gasteiger partial charge < -0.3 is 10.4 Å². The highest BCUT2D eigenvalue weighted by atomic mass is 19.1.